The average molecular weight is 321 g/mol. The quantitative estimate of drug-likeness (QED) is 0.837. The normalized spacial score (nSPS) is 10.1. The Labute approximate surface area is 136 Å². The summed E-state index contributed by atoms with van der Waals surface area (Å²) < 4.78 is 4.77. The SMILES string of the molecule is CCOC(=O)Nc1ccc(C(=O)N(C)CC(=O)NC(C)C)cc1. The Morgan fingerprint density at radius 3 is 2.30 bits per heavy atom. The van der Waals surface area contributed by atoms with Gasteiger partial charge < -0.3 is 15.0 Å². The molecule has 0 atom stereocenters. The van der Waals surface area contributed by atoms with Crippen LogP contribution in [-0.2, 0) is 9.53 Å². The van der Waals surface area contributed by atoms with Crippen LogP contribution in [0.5, 0.6) is 0 Å². The highest BCUT2D eigenvalue weighted by Crippen LogP contribution is 2.11. The van der Waals surface area contributed by atoms with Gasteiger partial charge in [0.1, 0.15) is 0 Å². The van der Waals surface area contributed by atoms with E-state index in [4.69, 9.17) is 4.74 Å². The summed E-state index contributed by atoms with van der Waals surface area (Å²) in [5.41, 5.74) is 0.958. The monoisotopic (exact) mass is 321 g/mol. The Hall–Kier alpha value is -2.57. The number of benzene rings is 1. The van der Waals surface area contributed by atoms with E-state index in [1.54, 1.807) is 38.2 Å². The molecule has 0 fully saturated rings. The van der Waals surface area contributed by atoms with E-state index in [1.807, 2.05) is 13.8 Å². The van der Waals surface area contributed by atoms with Gasteiger partial charge in [0, 0.05) is 24.3 Å². The first-order valence-corrected chi connectivity index (χ1v) is 7.42. The van der Waals surface area contributed by atoms with E-state index in [0.717, 1.165) is 0 Å². The molecule has 0 heterocycles. The second-order valence-electron chi connectivity index (χ2n) is 5.31. The Morgan fingerprint density at radius 1 is 1.17 bits per heavy atom. The van der Waals surface area contributed by atoms with Gasteiger partial charge in [-0.1, -0.05) is 0 Å². The standard InChI is InChI=1S/C16H23N3O4/c1-5-23-16(22)18-13-8-6-12(7-9-13)15(21)19(4)10-14(20)17-11(2)3/h6-9,11H,5,10H2,1-4H3,(H,17,20)(H,18,22). The summed E-state index contributed by atoms with van der Waals surface area (Å²) in [5, 5.41) is 5.27. The predicted octanol–water partition coefficient (Wildman–Crippen LogP) is 1.85. The van der Waals surface area contributed by atoms with Crippen LogP contribution in [-0.4, -0.2) is 49.0 Å². The van der Waals surface area contributed by atoms with Crippen molar-refractivity contribution in [1.82, 2.24) is 10.2 Å². The molecule has 0 aliphatic rings. The molecule has 0 aliphatic carbocycles. The molecular weight excluding hydrogens is 298 g/mol. The smallest absolute Gasteiger partial charge is 0.411 e. The number of likely N-dealkylation sites (N-methyl/N-ethyl adjacent to an activating group) is 1. The molecule has 0 bridgehead atoms. The fourth-order valence-electron chi connectivity index (χ4n) is 1.86. The molecule has 0 spiro atoms. The van der Waals surface area contributed by atoms with Crippen molar-refractivity contribution >= 4 is 23.6 Å². The fourth-order valence-corrected chi connectivity index (χ4v) is 1.86. The van der Waals surface area contributed by atoms with Gasteiger partial charge in [0.2, 0.25) is 5.91 Å². The lowest BCUT2D eigenvalue weighted by Crippen LogP contribution is -2.40. The van der Waals surface area contributed by atoms with Crippen LogP contribution in [0.25, 0.3) is 0 Å². The minimum absolute atomic E-state index is 0.0140. The van der Waals surface area contributed by atoms with Crippen LogP contribution in [0.1, 0.15) is 31.1 Å². The summed E-state index contributed by atoms with van der Waals surface area (Å²) in [4.78, 5) is 36.5. The lowest BCUT2D eigenvalue weighted by molar-refractivity contribution is -0.122. The van der Waals surface area contributed by atoms with Crippen LogP contribution in [0.3, 0.4) is 0 Å². The van der Waals surface area contributed by atoms with Crippen molar-refractivity contribution in [2.45, 2.75) is 26.8 Å². The molecule has 7 heteroatoms. The van der Waals surface area contributed by atoms with E-state index in [1.165, 1.54) is 4.90 Å². The highest BCUT2D eigenvalue weighted by Gasteiger charge is 2.15. The second kappa shape index (κ2) is 8.77. The van der Waals surface area contributed by atoms with Crippen LogP contribution >= 0.6 is 0 Å². The Bertz CT molecular complexity index is 555. The molecule has 0 saturated heterocycles. The van der Waals surface area contributed by atoms with Crippen LogP contribution in [0, 0.1) is 0 Å². The number of nitrogens with one attached hydrogen (secondary N) is 2. The summed E-state index contributed by atoms with van der Waals surface area (Å²) in [5.74, 6) is -0.483. The number of hydrogen-bond donors (Lipinski definition) is 2. The van der Waals surface area contributed by atoms with E-state index < -0.39 is 6.09 Å². The summed E-state index contributed by atoms with van der Waals surface area (Å²) in [6.45, 7) is 5.70. The van der Waals surface area contributed by atoms with Gasteiger partial charge in [0.25, 0.3) is 5.91 Å². The van der Waals surface area contributed by atoms with Crippen molar-refractivity contribution in [2.75, 3.05) is 25.5 Å². The van der Waals surface area contributed by atoms with E-state index in [-0.39, 0.29) is 31.0 Å². The molecule has 0 unspecified atom stereocenters. The second-order valence-corrected chi connectivity index (χ2v) is 5.31. The zero-order valence-electron chi connectivity index (χ0n) is 13.9. The number of hydrogen-bond acceptors (Lipinski definition) is 4. The number of rotatable bonds is 6. The highest BCUT2D eigenvalue weighted by atomic mass is 16.5. The van der Waals surface area contributed by atoms with Crippen molar-refractivity contribution in [3.05, 3.63) is 29.8 Å². The molecule has 0 saturated carbocycles. The first-order valence-electron chi connectivity index (χ1n) is 7.42. The lowest BCUT2D eigenvalue weighted by Gasteiger charge is -2.18. The maximum Gasteiger partial charge on any atom is 0.411 e. The van der Waals surface area contributed by atoms with Crippen molar-refractivity contribution < 1.29 is 19.1 Å². The molecule has 0 aromatic heterocycles. The number of amides is 3. The maximum atomic E-state index is 12.2. The van der Waals surface area contributed by atoms with E-state index in [2.05, 4.69) is 10.6 Å². The van der Waals surface area contributed by atoms with Crippen LogP contribution < -0.4 is 10.6 Å². The summed E-state index contributed by atoms with van der Waals surface area (Å²) in [6, 6.07) is 6.40. The molecule has 7 nitrogen and oxygen atoms in total. The molecule has 23 heavy (non-hydrogen) atoms. The summed E-state index contributed by atoms with van der Waals surface area (Å²) in [7, 11) is 1.56. The van der Waals surface area contributed by atoms with Gasteiger partial charge in [-0.2, -0.15) is 0 Å². The first kappa shape index (κ1) is 18.5. The van der Waals surface area contributed by atoms with Crippen molar-refractivity contribution in [3.8, 4) is 0 Å². The van der Waals surface area contributed by atoms with Crippen LogP contribution in [0.4, 0.5) is 10.5 Å². The van der Waals surface area contributed by atoms with Crippen molar-refractivity contribution in [3.63, 3.8) is 0 Å². The Kier molecular flexibility index (Phi) is 7.05. The Balaban J connectivity index is 2.62. The van der Waals surface area contributed by atoms with Crippen molar-refractivity contribution in [1.29, 1.82) is 0 Å². The van der Waals surface area contributed by atoms with E-state index in [0.29, 0.717) is 11.3 Å². The third kappa shape index (κ3) is 6.37. The third-order valence-electron chi connectivity index (χ3n) is 2.83. The number of carbonyl (C=O) groups is 3. The van der Waals surface area contributed by atoms with E-state index >= 15 is 0 Å². The topological polar surface area (TPSA) is 87.7 Å². The fraction of sp³-hybridized carbons (Fsp3) is 0.438. The molecule has 2 N–H and O–H groups in total. The summed E-state index contributed by atoms with van der Waals surface area (Å²) in [6.07, 6.45) is -0.547. The number of anilines is 1. The minimum Gasteiger partial charge on any atom is -0.450 e. The molecule has 3 amide bonds. The molecule has 126 valence electrons. The summed E-state index contributed by atoms with van der Waals surface area (Å²) >= 11 is 0. The van der Waals surface area contributed by atoms with Gasteiger partial charge in [-0.15, -0.1) is 0 Å². The number of ether oxygens (including phenoxy) is 1. The van der Waals surface area contributed by atoms with Crippen LogP contribution in [0.2, 0.25) is 0 Å². The number of nitrogens with zero attached hydrogens (tertiary/aromatic N) is 1. The van der Waals surface area contributed by atoms with Gasteiger partial charge in [-0.25, -0.2) is 4.79 Å². The molecular formula is C16H23N3O4. The van der Waals surface area contributed by atoms with Gasteiger partial charge in [-0.3, -0.25) is 14.9 Å². The van der Waals surface area contributed by atoms with Gasteiger partial charge in [0.15, 0.2) is 0 Å². The Morgan fingerprint density at radius 2 is 1.78 bits per heavy atom. The molecule has 1 aromatic rings. The van der Waals surface area contributed by atoms with Crippen LogP contribution in [0.15, 0.2) is 24.3 Å². The molecule has 0 aliphatic heterocycles. The molecule has 1 aromatic carbocycles. The molecule has 1 rings (SSSR count). The number of carbonyl (C=O) groups excluding carboxylic acids is 3. The van der Waals surface area contributed by atoms with E-state index in [9.17, 15) is 14.4 Å². The third-order valence-corrected chi connectivity index (χ3v) is 2.83. The zero-order valence-corrected chi connectivity index (χ0v) is 13.9. The largest absolute Gasteiger partial charge is 0.450 e. The van der Waals surface area contributed by atoms with Gasteiger partial charge in [0.05, 0.1) is 13.2 Å². The lowest BCUT2D eigenvalue weighted by atomic mass is 10.2. The van der Waals surface area contributed by atoms with Gasteiger partial charge >= 0.3 is 6.09 Å². The predicted molar refractivity (Wildman–Crippen MR) is 87.3 cm³/mol. The van der Waals surface area contributed by atoms with Crippen molar-refractivity contribution in [2.24, 2.45) is 0 Å². The molecule has 0 radical (unpaired) electrons. The maximum absolute atomic E-state index is 12.2. The van der Waals surface area contributed by atoms with Gasteiger partial charge in [-0.05, 0) is 45.0 Å². The highest BCUT2D eigenvalue weighted by molar-refractivity contribution is 5.97. The average Bonchev–Trinajstić information content (AvgIpc) is 2.46. The minimum atomic E-state index is -0.547. The zero-order chi connectivity index (χ0) is 17.4. The first-order chi connectivity index (χ1) is 10.8.